The molecule has 0 aliphatic rings. The van der Waals surface area contributed by atoms with Crippen LogP contribution in [-0.4, -0.2) is 21.0 Å². The molecular formula is C11H10N4O3. The molecule has 2 N–H and O–H groups in total. The molecule has 0 aliphatic carbocycles. The smallest absolute Gasteiger partial charge is 0.269 e. The molecule has 0 saturated carbocycles. The third-order valence-corrected chi connectivity index (χ3v) is 2.34. The zero-order valence-corrected chi connectivity index (χ0v) is 9.29. The Morgan fingerprint density at radius 3 is 2.61 bits per heavy atom. The number of nitro benzene ring substituents is 1. The van der Waals surface area contributed by atoms with Gasteiger partial charge >= 0.3 is 0 Å². The normalized spacial score (nSPS) is 10.0. The van der Waals surface area contributed by atoms with Crippen LogP contribution in [0.15, 0.2) is 36.5 Å². The Morgan fingerprint density at radius 1 is 1.33 bits per heavy atom. The molecule has 0 fully saturated rings. The van der Waals surface area contributed by atoms with Gasteiger partial charge in [0.1, 0.15) is 0 Å². The van der Waals surface area contributed by atoms with Crippen molar-refractivity contribution < 1.29 is 9.72 Å². The van der Waals surface area contributed by atoms with Gasteiger partial charge in [0, 0.05) is 23.9 Å². The monoisotopic (exact) mass is 246 g/mol. The summed E-state index contributed by atoms with van der Waals surface area (Å²) in [5, 5.41) is 19.6. The maximum atomic E-state index is 11.7. The first-order valence-electron chi connectivity index (χ1n) is 5.18. The van der Waals surface area contributed by atoms with Gasteiger partial charge in [-0.3, -0.25) is 20.0 Å². The number of hydrogen-bond acceptors (Lipinski definition) is 4. The Labute approximate surface area is 102 Å². The molecule has 0 atom stereocenters. The van der Waals surface area contributed by atoms with E-state index in [9.17, 15) is 14.9 Å². The molecule has 92 valence electrons. The average molecular weight is 246 g/mol. The fourth-order valence-corrected chi connectivity index (χ4v) is 1.40. The molecule has 0 radical (unpaired) electrons. The summed E-state index contributed by atoms with van der Waals surface area (Å²) in [5.74, 6) is -0.292. The molecule has 1 aromatic carbocycles. The van der Waals surface area contributed by atoms with Crippen LogP contribution in [0.4, 0.5) is 5.69 Å². The largest absolute Gasteiger partial charge is 0.346 e. The van der Waals surface area contributed by atoms with Gasteiger partial charge in [-0.25, -0.2) is 0 Å². The van der Waals surface area contributed by atoms with Crippen molar-refractivity contribution in [3.8, 4) is 0 Å². The van der Waals surface area contributed by atoms with Crippen molar-refractivity contribution in [2.24, 2.45) is 0 Å². The highest BCUT2D eigenvalue weighted by Crippen LogP contribution is 2.11. The minimum atomic E-state index is -0.508. The highest BCUT2D eigenvalue weighted by atomic mass is 16.6. The van der Waals surface area contributed by atoms with E-state index in [0.29, 0.717) is 12.1 Å². The first-order valence-corrected chi connectivity index (χ1v) is 5.18. The lowest BCUT2D eigenvalue weighted by Gasteiger charge is -2.03. The highest BCUT2D eigenvalue weighted by molar-refractivity contribution is 5.94. The summed E-state index contributed by atoms with van der Waals surface area (Å²) in [6.07, 6.45) is 1.59. The molecule has 1 aromatic heterocycles. The van der Waals surface area contributed by atoms with Gasteiger partial charge in [-0.15, -0.1) is 0 Å². The second-order valence-electron chi connectivity index (χ2n) is 3.57. The zero-order valence-electron chi connectivity index (χ0n) is 9.29. The fourth-order valence-electron chi connectivity index (χ4n) is 1.40. The first kappa shape index (κ1) is 11.8. The van der Waals surface area contributed by atoms with Gasteiger partial charge in [0.05, 0.1) is 17.2 Å². The Bertz CT molecular complexity index is 548. The van der Waals surface area contributed by atoms with E-state index in [1.165, 1.54) is 24.3 Å². The van der Waals surface area contributed by atoms with Crippen molar-refractivity contribution in [1.29, 1.82) is 0 Å². The molecule has 2 rings (SSSR count). The fraction of sp³-hybridized carbons (Fsp3) is 0.0909. The van der Waals surface area contributed by atoms with Crippen molar-refractivity contribution >= 4 is 11.6 Å². The van der Waals surface area contributed by atoms with Gasteiger partial charge in [-0.2, -0.15) is 5.10 Å². The topological polar surface area (TPSA) is 101 Å². The van der Waals surface area contributed by atoms with Crippen molar-refractivity contribution in [1.82, 2.24) is 15.5 Å². The van der Waals surface area contributed by atoms with Gasteiger partial charge < -0.3 is 5.32 Å². The molecule has 1 heterocycles. The number of benzene rings is 1. The summed E-state index contributed by atoms with van der Waals surface area (Å²) < 4.78 is 0. The van der Waals surface area contributed by atoms with Crippen LogP contribution in [0.1, 0.15) is 16.1 Å². The predicted octanol–water partition coefficient (Wildman–Crippen LogP) is 1.25. The Morgan fingerprint density at radius 2 is 2.06 bits per heavy atom. The number of aromatic nitrogens is 2. The van der Waals surface area contributed by atoms with Crippen molar-refractivity contribution in [2.45, 2.75) is 6.54 Å². The minimum Gasteiger partial charge on any atom is -0.346 e. The summed E-state index contributed by atoms with van der Waals surface area (Å²) in [6.45, 7) is 0.329. The number of H-pyrrole nitrogens is 1. The summed E-state index contributed by atoms with van der Waals surface area (Å²) in [6, 6.07) is 7.17. The van der Waals surface area contributed by atoms with Crippen LogP contribution in [0.2, 0.25) is 0 Å². The number of nitrogens with zero attached hydrogens (tertiary/aromatic N) is 2. The first-order chi connectivity index (χ1) is 8.66. The molecule has 7 heteroatoms. The number of nitro groups is 1. The molecule has 0 aliphatic heterocycles. The Balaban J connectivity index is 1.98. The van der Waals surface area contributed by atoms with Crippen LogP contribution in [0.25, 0.3) is 0 Å². The number of aromatic amines is 1. The molecule has 0 bridgehead atoms. The number of rotatable bonds is 4. The van der Waals surface area contributed by atoms with Crippen molar-refractivity contribution in [3.63, 3.8) is 0 Å². The van der Waals surface area contributed by atoms with Crippen LogP contribution < -0.4 is 5.32 Å². The van der Waals surface area contributed by atoms with E-state index in [1.54, 1.807) is 12.3 Å². The van der Waals surface area contributed by atoms with Crippen LogP contribution >= 0.6 is 0 Å². The van der Waals surface area contributed by atoms with Crippen LogP contribution in [0, 0.1) is 10.1 Å². The number of carbonyl (C=O) groups is 1. The third-order valence-electron chi connectivity index (χ3n) is 2.34. The second kappa shape index (κ2) is 5.09. The van der Waals surface area contributed by atoms with Gasteiger partial charge in [0.15, 0.2) is 0 Å². The van der Waals surface area contributed by atoms with Crippen molar-refractivity contribution in [3.05, 3.63) is 57.9 Å². The van der Waals surface area contributed by atoms with Crippen molar-refractivity contribution in [2.75, 3.05) is 0 Å². The Kier molecular flexibility index (Phi) is 3.33. The predicted molar refractivity (Wildman–Crippen MR) is 62.9 cm³/mol. The van der Waals surface area contributed by atoms with E-state index in [1.807, 2.05) is 0 Å². The quantitative estimate of drug-likeness (QED) is 0.626. The zero-order chi connectivity index (χ0) is 13.0. The van der Waals surface area contributed by atoms with Crippen LogP contribution in [0.3, 0.4) is 0 Å². The van der Waals surface area contributed by atoms with Gasteiger partial charge in [-0.05, 0) is 18.2 Å². The van der Waals surface area contributed by atoms with E-state index in [-0.39, 0.29) is 11.6 Å². The molecule has 0 spiro atoms. The highest BCUT2D eigenvalue weighted by Gasteiger charge is 2.09. The molecular weight excluding hydrogens is 236 g/mol. The third kappa shape index (κ3) is 2.70. The molecule has 1 amide bonds. The summed E-state index contributed by atoms with van der Waals surface area (Å²) in [7, 11) is 0. The second-order valence-corrected chi connectivity index (χ2v) is 3.57. The van der Waals surface area contributed by atoms with Gasteiger partial charge in [0.25, 0.3) is 11.6 Å². The Hall–Kier alpha value is -2.70. The summed E-state index contributed by atoms with van der Waals surface area (Å²) in [4.78, 5) is 21.7. The van der Waals surface area contributed by atoms with E-state index in [4.69, 9.17) is 0 Å². The minimum absolute atomic E-state index is 0.0416. The maximum Gasteiger partial charge on any atom is 0.269 e. The van der Waals surface area contributed by atoms with E-state index in [0.717, 1.165) is 5.69 Å². The average Bonchev–Trinajstić information content (AvgIpc) is 2.89. The van der Waals surface area contributed by atoms with Gasteiger partial charge in [-0.1, -0.05) is 0 Å². The summed E-state index contributed by atoms with van der Waals surface area (Å²) in [5.41, 5.74) is 1.12. The van der Waals surface area contributed by atoms with E-state index in [2.05, 4.69) is 15.5 Å². The van der Waals surface area contributed by atoms with E-state index < -0.39 is 4.92 Å². The van der Waals surface area contributed by atoms with Gasteiger partial charge in [0.2, 0.25) is 0 Å². The maximum absolute atomic E-state index is 11.7. The van der Waals surface area contributed by atoms with E-state index >= 15 is 0 Å². The number of hydrogen-bond donors (Lipinski definition) is 2. The number of nitrogens with one attached hydrogen (secondary N) is 2. The lowest BCUT2D eigenvalue weighted by Crippen LogP contribution is -2.22. The molecule has 0 saturated heterocycles. The SMILES string of the molecule is O=C(NCc1ccn[nH]1)c1ccc([N+](=O)[O-])cc1. The lowest BCUT2D eigenvalue weighted by atomic mass is 10.2. The standard InChI is InChI=1S/C11H10N4O3/c16-11(12-7-9-5-6-13-14-9)8-1-3-10(4-2-8)15(17)18/h1-6H,7H2,(H,12,16)(H,13,14). The molecule has 18 heavy (non-hydrogen) atoms. The number of carbonyl (C=O) groups excluding carboxylic acids is 1. The number of non-ortho nitro benzene ring substituents is 1. The van der Waals surface area contributed by atoms with Crippen LogP contribution in [-0.2, 0) is 6.54 Å². The molecule has 7 nitrogen and oxygen atoms in total. The molecule has 0 unspecified atom stereocenters. The summed E-state index contributed by atoms with van der Waals surface area (Å²) >= 11 is 0. The molecule has 2 aromatic rings. The lowest BCUT2D eigenvalue weighted by molar-refractivity contribution is -0.384. The number of amides is 1. The van der Waals surface area contributed by atoms with Crippen LogP contribution in [0.5, 0.6) is 0 Å².